The molecule has 3 atom stereocenters. The number of β-amino-alcohol motifs (C(OH)–C–C–N with tert-alkyl or cyclic N) is 1. The van der Waals surface area contributed by atoms with E-state index in [1.54, 1.807) is 21.9 Å². The first kappa shape index (κ1) is 16.3. The molecule has 0 aliphatic carbocycles. The van der Waals surface area contributed by atoms with Crippen LogP contribution in [-0.2, 0) is 9.59 Å². The number of aliphatic hydroxyl groups is 1. The molecule has 2 saturated heterocycles. The first-order valence-electron chi connectivity index (χ1n) is 7.99. The van der Waals surface area contributed by atoms with E-state index >= 15 is 0 Å². The Morgan fingerprint density at radius 3 is 2.74 bits per heavy atom. The van der Waals surface area contributed by atoms with Gasteiger partial charge in [-0.25, -0.2) is 0 Å². The van der Waals surface area contributed by atoms with E-state index in [4.69, 9.17) is 11.6 Å². The van der Waals surface area contributed by atoms with Crippen LogP contribution in [0.15, 0.2) is 24.3 Å². The Morgan fingerprint density at radius 1 is 1.30 bits per heavy atom. The molecule has 3 unspecified atom stereocenters. The number of piperidine rings is 1. The van der Waals surface area contributed by atoms with Gasteiger partial charge in [-0.2, -0.15) is 0 Å². The van der Waals surface area contributed by atoms with Crippen LogP contribution >= 0.6 is 11.6 Å². The molecule has 0 bridgehead atoms. The summed E-state index contributed by atoms with van der Waals surface area (Å²) in [7, 11) is 0. The number of amides is 2. The summed E-state index contributed by atoms with van der Waals surface area (Å²) in [5, 5.41) is 10.5. The van der Waals surface area contributed by atoms with E-state index < -0.39 is 6.10 Å². The molecule has 2 aliphatic heterocycles. The molecule has 5 nitrogen and oxygen atoms in total. The Bertz CT molecular complexity index is 622. The van der Waals surface area contributed by atoms with E-state index in [0.717, 1.165) is 6.42 Å². The average Bonchev–Trinajstić information content (AvgIpc) is 2.91. The standard InChI is InChI=1S/C17H21ClN2O3/c1-11-6-7-19(10-15(11)21)17(23)12-8-16(22)20(9-12)14-5-3-2-4-13(14)18/h2-5,11-12,15,21H,6-10H2,1H3. The fourth-order valence-electron chi connectivity index (χ4n) is 3.28. The van der Waals surface area contributed by atoms with Crippen molar-refractivity contribution in [3.63, 3.8) is 0 Å². The third-order valence-electron chi connectivity index (χ3n) is 4.85. The first-order chi connectivity index (χ1) is 11.0. The van der Waals surface area contributed by atoms with E-state index in [1.165, 1.54) is 0 Å². The zero-order valence-electron chi connectivity index (χ0n) is 13.1. The number of hydrogen-bond donors (Lipinski definition) is 1. The zero-order chi connectivity index (χ0) is 16.6. The molecular formula is C17H21ClN2O3. The number of likely N-dealkylation sites (tertiary alicyclic amines) is 1. The van der Waals surface area contributed by atoms with Crippen molar-refractivity contribution in [3.05, 3.63) is 29.3 Å². The van der Waals surface area contributed by atoms with Crippen molar-refractivity contribution in [3.8, 4) is 0 Å². The minimum Gasteiger partial charge on any atom is -0.391 e. The summed E-state index contributed by atoms with van der Waals surface area (Å²) >= 11 is 6.16. The van der Waals surface area contributed by atoms with E-state index in [2.05, 4.69) is 0 Å². The second kappa shape index (κ2) is 6.49. The van der Waals surface area contributed by atoms with Gasteiger partial charge in [0.1, 0.15) is 0 Å². The van der Waals surface area contributed by atoms with E-state index in [9.17, 15) is 14.7 Å². The van der Waals surface area contributed by atoms with Crippen LogP contribution in [0, 0.1) is 11.8 Å². The molecule has 23 heavy (non-hydrogen) atoms. The maximum absolute atomic E-state index is 12.7. The van der Waals surface area contributed by atoms with E-state index in [1.807, 2.05) is 19.1 Å². The van der Waals surface area contributed by atoms with E-state index in [-0.39, 0.29) is 30.1 Å². The van der Waals surface area contributed by atoms with Gasteiger partial charge in [0.05, 0.1) is 22.7 Å². The maximum Gasteiger partial charge on any atom is 0.228 e. The van der Waals surface area contributed by atoms with Gasteiger partial charge in [-0.15, -0.1) is 0 Å². The Balaban J connectivity index is 1.70. The summed E-state index contributed by atoms with van der Waals surface area (Å²) in [6, 6.07) is 7.17. The Hall–Kier alpha value is -1.59. The molecule has 0 saturated carbocycles. The number of nitrogens with zero attached hydrogens (tertiary/aromatic N) is 2. The number of benzene rings is 1. The quantitative estimate of drug-likeness (QED) is 0.897. The van der Waals surface area contributed by atoms with E-state index in [0.29, 0.717) is 30.3 Å². The lowest BCUT2D eigenvalue weighted by Gasteiger charge is -2.35. The number of carbonyl (C=O) groups is 2. The molecular weight excluding hydrogens is 316 g/mol. The third-order valence-corrected chi connectivity index (χ3v) is 5.17. The molecule has 0 aromatic heterocycles. The van der Waals surface area contributed by atoms with Gasteiger partial charge in [0.15, 0.2) is 0 Å². The fourth-order valence-corrected chi connectivity index (χ4v) is 3.52. The normalized spacial score (nSPS) is 28.3. The average molecular weight is 337 g/mol. The summed E-state index contributed by atoms with van der Waals surface area (Å²) in [5.74, 6) is -0.274. The van der Waals surface area contributed by atoms with Gasteiger partial charge in [0.2, 0.25) is 11.8 Å². The van der Waals surface area contributed by atoms with Crippen LogP contribution in [0.3, 0.4) is 0 Å². The molecule has 1 N–H and O–H groups in total. The van der Waals surface area contributed by atoms with Crippen molar-refractivity contribution in [2.45, 2.75) is 25.9 Å². The number of anilines is 1. The van der Waals surface area contributed by atoms with Crippen molar-refractivity contribution in [2.75, 3.05) is 24.5 Å². The van der Waals surface area contributed by atoms with Gasteiger partial charge in [-0.3, -0.25) is 9.59 Å². The minimum absolute atomic E-state index is 0.0427. The number of rotatable bonds is 2. The SMILES string of the molecule is CC1CCN(C(=O)C2CC(=O)N(c3ccccc3Cl)C2)CC1O. The van der Waals surface area contributed by atoms with Gasteiger partial charge in [0, 0.05) is 26.1 Å². The number of carbonyl (C=O) groups excluding carboxylic acids is 2. The predicted octanol–water partition coefficient (Wildman–Crippen LogP) is 1.92. The van der Waals surface area contributed by atoms with Gasteiger partial charge >= 0.3 is 0 Å². The van der Waals surface area contributed by atoms with Crippen LogP contribution in [0.2, 0.25) is 5.02 Å². The minimum atomic E-state index is -0.482. The van der Waals surface area contributed by atoms with Crippen LogP contribution in [0.4, 0.5) is 5.69 Å². The van der Waals surface area contributed by atoms with Crippen LogP contribution in [0.1, 0.15) is 19.8 Å². The van der Waals surface area contributed by atoms with Gasteiger partial charge in [-0.1, -0.05) is 30.7 Å². The molecule has 6 heteroatoms. The van der Waals surface area contributed by atoms with Crippen LogP contribution < -0.4 is 4.90 Å². The Morgan fingerprint density at radius 2 is 2.04 bits per heavy atom. The molecule has 0 spiro atoms. The highest BCUT2D eigenvalue weighted by atomic mass is 35.5. The number of aliphatic hydroxyl groups excluding tert-OH is 1. The second-order valence-electron chi connectivity index (χ2n) is 6.47. The molecule has 1 aromatic rings. The number of hydrogen-bond acceptors (Lipinski definition) is 3. The van der Waals surface area contributed by atoms with Crippen LogP contribution in [0.25, 0.3) is 0 Å². The summed E-state index contributed by atoms with van der Waals surface area (Å²) in [5.41, 5.74) is 0.654. The third kappa shape index (κ3) is 3.21. The van der Waals surface area contributed by atoms with Crippen LogP contribution in [-0.4, -0.2) is 47.6 Å². The number of halogens is 1. The molecule has 2 aliphatic rings. The van der Waals surface area contributed by atoms with Gasteiger partial charge in [0.25, 0.3) is 0 Å². The Kier molecular flexibility index (Phi) is 4.60. The lowest BCUT2D eigenvalue weighted by Crippen LogP contribution is -2.48. The lowest BCUT2D eigenvalue weighted by molar-refractivity contribution is -0.139. The zero-order valence-corrected chi connectivity index (χ0v) is 13.9. The van der Waals surface area contributed by atoms with Crippen molar-refractivity contribution < 1.29 is 14.7 Å². The largest absolute Gasteiger partial charge is 0.391 e. The highest BCUT2D eigenvalue weighted by Gasteiger charge is 2.39. The summed E-state index contributed by atoms with van der Waals surface area (Å²) in [6.07, 6.45) is 0.512. The van der Waals surface area contributed by atoms with Gasteiger partial charge < -0.3 is 14.9 Å². The predicted molar refractivity (Wildman–Crippen MR) is 88.3 cm³/mol. The molecule has 0 radical (unpaired) electrons. The van der Waals surface area contributed by atoms with Crippen molar-refractivity contribution in [2.24, 2.45) is 11.8 Å². The highest BCUT2D eigenvalue weighted by Crippen LogP contribution is 2.32. The first-order valence-corrected chi connectivity index (χ1v) is 8.37. The van der Waals surface area contributed by atoms with Crippen molar-refractivity contribution in [1.29, 1.82) is 0 Å². The van der Waals surface area contributed by atoms with Gasteiger partial charge in [-0.05, 0) is 24.5 Å². The summed E-state index contributed by atoms with van der Waals surface area (Å²) < 4.78 is 0. The summed E-state index contributed by atoms with van der Waals surface area (Å²) in [4.78, 5) is 28.2. The smallest absolute Gasteiger partial charge is 0.228 e. The second-order valence-corrected chi connectivity index (χ2v) is 6.88. The van der Waals surface area contributed by atoms with Crippen molar-refractivity contribution >= 4 is 29.1 Å². The van der Waals surface area contributed by atoms with Crippen molar-refractivity contribution in [1.82, 2.24) is 4.90 Å². The summed E-state index contributed by atoms with van der Waals surface area (Å²) in [6.45, 7) is 3.35. The lowest BCUT2D eigenvalue weighted by atomic mass is 9.94. The molecule has 2 amide bonds. The Labute approximate surface area is 140 Å². The molecule has 3 rings (SSSR count). The monoisotopic (exact) mass is 336 g/mol. The fraction of sp³-hybridized carbons (Fsp3) is 0.529. The molecule has 1 aromatic carbocycles. The maximum atomic E-state index is 12.7. The topological polar surface area (TPSA) is 60.9 Å². The molecule has 2 fully saturated rings. The van der Waals surface area contributed by atoms with Crippen LogP contribution in [0.5, 0.6) is 0 Å². The molecule has 124 valence electrons. The molecule has 2 heterocycles. The highest BCUT2D eigenvalue weighted by molar-refractivity contribution is 6.33. The number of para-hydroxylation sites is 1.